The van der Waals surface area contributed by atoms with Gasteiger partial charge in [-0.05, 0) is 43.7 Å². The van der Waals surface area contributed by atoms with Crippen LogP contribution in [0.1, 0.15) is 33.2 Å². The molecule has 6 nitrogen and oxygen atoms in total. The maximum atomic E-state index is 12.9. The van der Waals surface area contributed by atoms with Gasteiger partial charge in [-0.15, -0.1) is 0 Å². The fraction of sp³-hybridized carbons (Fsp3) is 0.333. The van der Waals surface area contributed by atoms with Crippen molar-refractivity contribution in [2.75, 3.05) is 38.5 Å². The molecule has 1 fully saturated rings. The Kier molecular flexibility index (Phi) is 5.64. The lowest BCUT2D eigenvalue weighted by Gasteiger charge is -2.35. The number of amides is 2. The number of benzene rings is 2. The van der Waals surface area contributed by atoms with E-state index in [0.29, 0.717) is 55.3 Å². The highest BCUT2D eigenvalue weighted by Gasteiger charge is 2.27. The number of carbonyl (C=O) groups is 2. The number of carbonyl (C=O) groups excluding carboxylic acids is 2. The Bertz CT molecular complexity index is 842. The summed E-state index contributed by atoms with van der Waals surface area (Å²) in [4.78, 5) is 29.2. The van der Waals surface area contributed by atoms with Crippen molar-refractivity contribution < 1.29 is 14.3 Å². The van der Waals surface area contributed by atoms with Gasteiger partial charge in [0.2, 0.25) is 0 Å². The summed E-state index contributed by atoms with van der Waals surface area (Å²) in [7, 11) is 0. The number of rotatable bonds is 4. The van der Waals surface area contributed by atoms with Gasteiger partial charge in [0.1, 0.15) is 5.75 Å². The molecule has 0 aliphatic carbocycles. The minimum Gasteiger partial charge on any atom is -0.493 e. The van der Waals surface area contributed by atoms with Gasteiger partial charge in [0.05, 0.1) is 12.2 Å². The second kappa shape index (κ2) is 8.12. The maximum absolute atomic E-state index is 12.9. The molecule has 1 aliphatic heterocycles. The Morgan fingerprint density at radius 3 is 2.19 bits per heavy atom. The fourth-order valence-electron chi connectivity index (χ4n) is 3.25. The first-order valence-corrected chi connectivity index (χ1v) is 9.17. The topological polar surface area (TPSA) is 75.9 Å². The molecule has 3 rings (SSSR count). The van der Waals surface area contributed by atoms with E-state index < -0.39 is 0 Å². The molecule has 1 aliphatic rings. The number of hydrogen-bond acceptors (Lipinski definition) is 4. The molecule has 6 heteroatoms. The molecule has 0 saturated carbocycles. The maximum Gasteiger partial charge on any atom is 0.257 e. The lowest BCUT2D eigenvalue weighted by atomic mass is 10.1. The minimum absolute atomic E-state index is 0.0402. The summed E-state index contributed by atoms with van der Waals surface area (Å²) in [6, 6.07) is 12.6. The molecular weight excluding hydrogens is 342 g/mol. The first-order chi connectivity index (χ1) is 13.0. The minimum atomic E-state index is -0.0636. The second-order valence-electron chi connectivity index (χ2n) is 6.59. The predicted octanol–water partition coefficient (Wildman–Crippen LogP) is 2.57. The molecular formula is C21H25N3O3. The Morgan fingerprint density at radius 1 is 0.963 bits per heavy atom. The molecule has 27 heavy (non-hydrogen) atoms. The third-order valence-corrected chi connectivity index (χ3v) is 4.76. The molecule has 0 spiro atoms. The SMILES string of the molecule is CCOc1ccccc1C(=O)N1CCN(C(=O)c2cc(N)ccc2C)CC1. The lowest BCUT2D eigenvalue weighted by molar-refractivity contribution is 0.0533. The van der Waals surface area contributed by atoms with E-state index in [4.69, 9.17) is 10.5 Å². The summed E-state index contributed by atoms with van der Waals surface area (Å²) in [6.07, 6.45) is 0. The van der Waals surface area contributed by atoms with E-state index in [0.717, 1.165) is 5.56 Å². The number of hydrogen-bond donors (Lipinski definition) is 1. The zero-order valence-corrected chi connectivity index (χ0v) is 15.8. The quantitative estimate of drug-likeness (QED) is 0.843. The third kappa shape index (κ3) is 4.05. The van der Waals surface area contributed by atoms with Crippen LogP contribution in [0.4, 0.5) is 5.69 Å². The van der Waals surface area contributed by atoms with Gasteiger partial charge in [0.15, 0.2) is 0 Å². The van der Waals surface area contributed by atoms with E-state index in [-0.39, 0.29) is 11.8 Å². The molecule has 1 saturated heterocycles. The van der Waals surface area contributed by atoms with Crippen LogP contribution in [0.3, 0.4) is 0 Å². The average molecular weight is 367 g/mol. The van der Waals surface area contributed by atoms with Gasteiger partial charge < -0.3 is 20.3 Å². The number of nitrogens with two attached hydrogens (primary N) is 1. The molecule has 0 atom stereocenters. The second-order valence-corrected chi connectivity index (χ2v) is 6.59. The largest absolute Gasteiger partial charge is 0.493 e. The van der Waals surface area contributed by atoms with Crippen molar-refractivity contribution in [2.45, 2.75) is 13.8 Å². The van der Waals surface area contributed by atoms with Gasteiger partial charge in [-0.25, -0.2) is 0 Å². The summed E-state index contributed by atoms with van der Waals surface area (Å²) in [5.74, 6) is 0.492. The number of nitrogen functional groups attached to an aromatic ring is 1. The van der Waals surface area contributed by atoms with E-state index in [9.17, 15) is 9.59 Å². The summed E-state index contributed by atoms with van der Waals surface area (Å²) in [6.45, 7) is 6.28. The summed E-state index contributed by atoms with van der Waals surface area (Å²) in [5, 5.41) is 0. The zero-order chi connectivity index (χ0) is 19.4. The molecule has 0 bridgehead atoms. The van der Waals surface area contributed by atoms with Crippen LogP contribution in [-0.2, 0) is 0 Å². The van der Waals surface area contributed by atoms with E-state index in [2.05, 4.69) is 0 Å². The monoisotopic (exact) mass is 367 g/mol. The highest BCUT2D eigenvalue weighted by molar-refractivity contribution is 5.98. The normalized spacial score (nSPS) is 14.1. The average Bonchev–Trinajstić information content (AvgIpc) is 2.69. The Hall–Kier alpha value is -3.02. The van der Waals surface area contributed by atoms with Crippen molar-refractivity contribution in [1.29, 1.82) is 0 Å². The van der Waals surface area contributed by atoms with Gasteiger partial charge in [-0.3, -0.25) is 9.59 Å². The Morgan fingerprint density at radius 2 is 1.56 bits per heavy atom. The van der Waals surface area contributed by atoms with E-state index >= 15 is 0 Å². The van der Waals surface area contributed by atoms with Crippen molar-refractivity contribution >= 4 is 17.5 Å². The van der Waals surface area contributed by atoms with Crippen molar-refractivity contribution in [3.8, 4) is 5.75 Å². The van der Waals surface area contributed by atoms with Crippen molar-refractivity contribution in [2.24, 2.45) is 0 Å². The highest BCUT2D eigenvalue weighted by Crippen LogP contribution is 2.21. The molecule has 142 valence electrons. The summed E-state index contributed by atoms with van der Waals surface area (Å²) in [5.41, 5.74) is 8.48. The molecule has 2 amide bonds. The van der Waals surface area contributed by atoms with Crippen LogP contribution < -0.4 is 10.5 Å². The van der Waals surface area contributed by atoms with Crippen LogP contribution in [0.2, 0.25) is 0 Å². The van der Waals surface area contributed by atoms with Gasteiger partial charge >= 0.3 is 0 Å². The fourth-order valence-corrected chi connectivity index (χ4v) is 3.25. The van der Waals surface area contributed by atoms with Gasteiger partial charge in [-0.1, -0.05) is 18.2 Å². The molecule has 2 aromatic carbocycles. The first-order valence-electron chi connectivity index (χ1n) is 9.17. The molecule has 1 heterocycles. The van der Waals surface area contributed by atoms with Crippen LogP contribution in [0.15, 0.2) is 42.5 Å². The molecule has 0 unspecified atom stereocenters. The van der Waals surface area contributed by atoms with Crippen molar-refractivity contribution in [3.63, 3.8) is 0 Å². The smallest absolute Gasteiger partial charge is 0.257 e. The Labute approximate surface area is 159 Å². The summed E-state index contributed by atoms with van der Waals surface area (Å²) >= 11 is 0. The Balaban J connectivity index is 1.68. The highest BCUT2D eigenvalue weighted by atomic mass is 16.5. The molecule has 2 aromatic rings. The number of para-hydroxylation sites is 1. The zero-order valence-electron chi connectivity index (χ0n) is 15.8. The number of piperazine rings is 1. The van der Waals surface area contributed by atoms with Gasteiger partial charge in [-0.2, -0.15) is 0 Å². The number of aryl methyl sites for hydroxylation is 1. The first kappa shape index (κ1) is 18.8. The van der Waals surface area contributed by atoms with E-state index in [1.54, 1.807) is 34.1 Å². The van der Waals surface area contributed by atoms with Crippen LogP contribution in [0, 0.1) is 6.92 Å². The van der Waals surface area contributed by atoms with Gasteiger partial charge in [0.25, 0.3) is 11.8 Å². The summed E-state index contributed by atoms with van der Waals surface area (Å²) < 4.78 is 5.57. The third-order valence-electron chi connectivity index (χ3n) is 4.76. The lowest BCUT2D eigenvalue weighted by Crippen LogP contribution is -2.50. The predicted molar refractivity (Wildman–Crippen MR) is 105 cm³/mol. The molecule has 0 radical (unpaired) electrons. The molecule has 2 N–H and O–H groups in total. The van der Waals surface area contributed by atoms with Crippen LogP contribution >= 0.6 is 0 Å². The van der Waals surface area contributed by atoms with Crippen LogP contribution in [0.25, 0.3) is 0 Å². The number of anilines is 1. The van der Waals surface area contributed by atoms with Crippen molar-refractivity contribution in [3.05, 3.63) is 59.2 Å². The van der Waals surface area contributed by atoms with E-state index in [1.807, 2.05) is 32.0 Å². The number of nitrogens with zero attached hydrogens (tertiary/aromatic N) is 2. The van der Waals surface area contributed by atoms with E-state index in [1.165, 1.54) is 0 Å². The van der Waals surface area contributed by atoms with Crippen LogP contribution in [-0.4, -0.2) is 54.4 Å². The number of ether oxygens (including phenoxy) is 1. The standard InChI is InChI=1S/C21H25N3O3/c1-3-27-19-7-5-4-6-17(19)20(25)23-10-12-24(13-11-23)21(26)18-14-16(22)9-8-15(18)2/h4-9,14H,3,10-13,22H2,1-2H3. The molecule has 0 aromatic heterocycles. The van der Waals surface area contributed by atoms with Crippen LogP contribution in [0.5, 0.6) is 5.75 Å². The van der Waals surface area contributed by atoms with Gasteiger partial charge in [0, 0.05) is 37.4 Å². The van der Waals surface area contributed by atoms with Crippen molar-refractivity contribution in [1.82, 2.24) is 9.80 Å².